The maximum absolute atomic E-state index is 3.41. The smallest absolute Gasteiger partial charge is 0.0464 e. The van der Waals surface area contributed by atoms with Gasteiger partial charge in [0, 0.05) is 27.8 Å². The Balaban J connectivity index is 0.000000136. The summed E-state index contributed by atoms with van der Waals surface area (Å²) >= 11 is 0. The molecule has 0 amide bonds. The zero-order chi connectivity index (χ0) is 17.1. The molecule has 0 aliphatic carbocycles. The Hall–Kier alpha value is -3.26. The van der Waals surface area contributed by atoms with Crippen LogP contribution in [0.15, 0.2) is 91.0 Å². The third kappa shape index (κ3) is 3.33. The Morgan fingerprint density at radius 1 is 0.560 bits per heavy atom. The fourth-order valence-corrected chi connectivity index (χ4v) is 3.07. The van der Waals surface area contributed by atoms with E-state index in [1.807, 2.05) is 18.2 Å². The number of nitrogens with one attached hydrogen (secondary N) is 2. The maximum atomic E-state index is 3.41. The highest BCUT2D eigenvalue weighted by Crippen LogP contribution is 2.23. The lowest BCUT2D eigenvalue weighted by Crippen LogP contribution is -1.74. The van der Waals surface area contributed by atoms with Crippen LogP contribution in [0.3, 0.4) is 0 Å². The molecule has 2 heteroatoms. The van der Waals surface area contributed by atoms with E-state index >= 15 is 0 Å². The van der Waals surface area contributed by atoms with Crippen molar-refractivity contribution in [3.05, 3.63) is 96.7 Å². The Bertz CT molecular complexity index is 1030. The highest BCUT2D eigenvalue weighted by atomic mass is 14.7. The summed E-state index contributed by atoms with van der Waals surface area (Å²) in [6.45, 7) is 2.07. The van der Waals surface area contributed by atoms with Crippen molar-refractivity contribution in [1.82, 2.24) is 9.97 Å². The van der Waals surface area contributed by atoms with Gasteiger partial charge in [-0.15, -0.1) is 0 Å². The number of para-hydroxylation sites is 2. The lowest BCUT2D eigenvalue weighted by molar-refractivity contribution is 1.30. The Labute approximate surface area is 147 Å². The summed E-state index contributed by atoms with van der Waals surface area (Å²) < 4.78 is 0. The minimum absolute atomic E-state index is 1.18. The molecule has 0 spiro atoms. The van der Waals surface area contributed by atoms with Gasteiger partial charge in [0.05, 0.1) is 0 Å². The summed E-state index contributed by atoms with van der Waals surface area (Å²) in [4.78, 5) is 6.67. The van der Waals surface area contributed by atoms with Gasteiger partial charge in [0.25, 0.3) is 0 Å². The second-order valence-electron chi connectivity index (χ2n) is 6.18. The molecule has 5 aromatic rings. The highest BCUT2D eigenvalue weighted by molar-refractivity contribution is 5.85. The van der Waals surface area contributed by atoms with Crippen LogP contribution >= 0.6 is 0 Å². The largest absolute Gasteiger partial charge is 0.359 e. The predicted molar refractivity (Wildman–Crippen MR) is 107 cm³/mol. The van der Waals surface area contributed by atoms with E-state index in [1.54, 1.807) is 0 Å². The number of aryl methyl sites for hydroxylation is 1. The van der Waals surface area contributed by atoms with Crippen LogP contribution in [0.2, 0.25) is 0 Å². The average Bonchev–Trinajstić information content (AvgIpc) is 3.25. The Kier molecular flexibility index (Phi) is 4.09. The molecule has 0 saturated carbocycles. The van der Waals surface area contributed by atoms with Crippen LogP contribution in [0.4, 0.5) is 0 Å². The van der Waals surface area contributed by atoms with Gasteiger partial charge >= 0.3 is 0 Å². The van der Waals surface area contributed by atoms with E-state index < -0.39 is 0 Å². The van der Waals surface area contributed by atoms with Crippen molar-refractivity contribution >= 4 is 21.8 Å². The van der Waals surface area contributed by atoms with Crippen LogP contribution in [0.5, 0.6) is 0 Å². The van der Waals surface area contributed by atoms with E-state index in [0.29, 0.717) is 0 Å². The lowest BCUT2D eigenvalue weighted by Gasteiger charge is -1.94. The third-order valence-electron chi connectivity index (χ3n) is 4.28. The van der Waals surface area contributed by atoms with Gasteiger partial charge in [-0.05, 0) is 42.1 Å². The first-order chi connectivity index (χ1) is 12.3. The van der Waals surface area contributed by atoms with E-state index in [9.17, 15) is 0 Å². The van der Waals surface area contributed by atoms with Crippen molar-refractivity contribution in [3.63, 3.8) is 0 Å². The van der Waals surface area contributed by atoms with Crippen LogP contribution in [-0.4, -0.2) is 9.97 Å². The van der Waals surface area contributed by atoms with Gasteiger partial charge in [-0.25, -0.2) is 0 Å². The number of rotatable bonds is 1. The molecular weight excluding hydrogens is 304 g/mol. The van der Waals surface area contributed by atoms with Gasteiger partial charge in [-0.3, -0.25) is 0 Å². The fourth-order valence-electron chi connectivity index (χ4n) is 3.07. The molecule has 5 rings (SSSR count). The van der Waals surface area contributed by atoms with Gasteiger partial charge in [-0.1, -0.05) is 66.7 Å². The molecule has 0 atom stereocenters. The van der Waals surface area contributed by atoms with Gasteiger partial charge in [-0.2, -0.15) is 0 Å². The predicted octanol–water partition coefficient (Wildman–Crippen LogP) is 6.31. The molecule has 0 unspecified atom stereocenters. The number of hydrogen-bond donors (Lipinski definition) is 2. The summed E-state index contributed by atoms with van der Waals surface area (Å²) in [6.07, 6.45) is 0. The molecule has 0 aliphatic heterocycles. The number of aromatic nitrogens is 2. The number of H-pyrrole nitrogens is 2. The quantitative estimate of drug-likeness (QED) is 0.362. The lowest BCUT2D eigenvalue weighted by atomic mass is 10.1. The molecule has 0 fully saturated rings. The molecule has 0 bridgehead atoms. The summed E-state index contributed by atoms with van der Waals surface area (Å²) in [5.41, 5.74) is 6.04. The minimum Gasteiger partial charge on any atom is -0.359 e. The zero-order valence-corrected chi connectivity index (χ0v) is 14.2. The Morgan fingerprint density at radius 3 is 1.76 bits per heavy atom. The first-order valence-corrected chi connectivity index (χ1v) is 8.47. The molecule has 25 heavy (non-hydrogen) atoms. The summed E-state index contributed by atoms with van der Waals surface area (Å²) in [6, 6.07) is 31.3. The Morgan fingerprint density at radius 2 is 1.12 bits per heavy atom. The van der Waals surface area contributed by atoms with Crippen molar-refractivity contribution in [2.24, 2.45) is 0 Å². The summed E-state index contributed by atoms with van der Waals surface area (Å²) in [5.74, 6) is 0. The first-order valence-electron chi connectivity index (χ1n) is 8.47. The van der Waals surface area contributed by atoms with Crippen LogP contribution < -0.4 is 0 Å². The topological polar surface area (TPSA) is 31.6 Å². The van der Waals surface area contributed by atoms with Crippen LogP contribution in [0.1, 0.15) is 5.69 Å². The third-order valence-corrected chi connectivity index (χ3v) is 4.28. The van der Waals surface area contributed by atoms with Crippen LogP contribution in [-0.2, 0) is 0 Å². The first kappa shape index (κ1) is 15.3. The van der Waals surface area contributed by atoms with Crippen LogP contribution in [0.25, 0.3) is 33.1 Å². The molecule has 3 aromatic carbocycles. The molecular formula is C23H20N2. The fraction of sp³-hybridized carbons (Fsp3) is 0.0435. The number of benzene rings is 3. The molecule has 0 saturated heterocycles. The summed E-state index contributed by atoms with van der Waals surface area (Å²) in [5, 5.41) is 2.55. The van der Waals surface area contributed by atoms with E-state index in [4.69, 9.17) is 0 Å². The van der Waals surface area contributed by atoms with E-state index in [0.717, 1.165) is 0 Å². The van der Waals surface area contributed by atoms with Crippen molar-refractivity contribution in [1.29, 1.82) is 0 Å². The average molecular weight is 324 g/mol. The van der Waals surface area contributed by atoms with E-state index in [2.05, 4.69) is 89.7 Å². The van der Waals surface area contributed by atoms with Crippen molar-refractivity contribution in [3.8, 4) is 11.3 Å². The maximum Gasteiger partial charge on any atom is 0.0464 e. The van der Waals surface area contributed by atoms with Crippen molar-refractivity contribution in [2.75, 3.05) is 0 Å². The van der Waals surface area contributed by atoms with Gasteiger partial charge in [0.2, 0.25) is 0 Å². The molecule has 2 nitrogen and oxygen atoms in total. The van der Waals surface area contributed by atoms with E-state index in [1.165, 1.54) is 38.8 Å². The minimum atomic E-state index is 1.18. The summed E-state index contributed by atoms with van der Waals surface area (Å²) in [7, 11) is 0. The standard InChI is InChI=1S/C14H11N.C9H9N/c1-2-6-11(7-3-1)14-10-12-8-4-5-9-13(12)15-14;1-7-6-8-4-2-3-5-9(8)10-7/h1-10,15H;2-6,10H,1H3. The van der Waals surface area contributed by atoms with Gasteiger partial charge < -0.3 is 9.97 Å². The SMILES string of the molecule is Cc1cc2ccccc2[nH]1.c1ccc(-c2cc3ccccc3[nH]2)cc1. The van der Waals surface area contributed by atoms with E-state index in [-0.39, 0.29) is 0 Å². The molecule has 2 heterocycles. The second-order valence-corrected chi connectivity index (χ2v) is 6.18. The number of hydrogen-bond acceptors (Lipinski definition) is 0. The van der Waals surface area contributed by atoms with Crippen LogP contribution in [0, 0.1) is 6.92 Å². The molecule has 2 N–H and O–H groups in total. The van der Waals surface area contributed by atoms with Gasteiger partial charge in [0.1, 0.15) is 0 Å². The van der Waals surface area contributed by atoms with Crippen molar-refractivity contribution < 1.29 is 0 Å². The zero-order valence-electron chi connectivity index (χ0n) is 14.2. The number of aromatic amines is 2. The number of fused-ring (bicyclic) bond motifs is 2. The second kappa shape index (κ2) is 6.70. The highest BCUT2D eigenvalue weighted by Gasteiger charge is 2.00. The monoisotopic (exact) mass is 324 g/mol. The van der Waals surface area contributed by atoms with Gasteiger partial charge in [0.15, 0.2) is 0 Å². The normalized spacial score (nSPS) is 10.6. The molecule has 0 radical (unpaired) electrons. The molecule has 122 valence electrons. The molecule has 2 aromatic heterocycles. The van der Waals surface area contributed by atoms with Crippen molar-refractivity contribution in [2.45, 2.75) is 6.92 Å². The molecule has 0 aliphatic rings.